The molecule has 2 amide bonds. The number of piperidine rings is 1. The second-order valence-electron chi connectivity index (χ2n) is 8.14. The molecule has 164 valence electrons. The minimum atomic E-state index is -0.245. The largest absolute Gasteiger partial charge is 0.378 e. The van der Waals surface area contributed by atoms with Crippen LogP contribution in [0, 0.1) is 11.7 Å². The van der Waals surface area contributed by atoms with Crippen LogP contribution in [0.25, 0.3) is 0 Å². The lowest BCUT2D eigenvalue weighted by Gasteiger charge is -2.32. The van der Waals surface area contributed by atoms with Crippen molar-refractivity contribution in [1.82, 2.24) is 9.80 Å². The van der Waals surface area contributed by atoms with Gasteiger partial charge in [-0.15, -0.1) is 0 Å². The number of halogens is 1. The quantitative estimate of drug-likeness (QED) is 0.800. The van der Waals surface area contributed by atoms with Crippen molar-refractivity contribution < 1.29 is 18.7 Å². The van der Waals surface area contributed by atoms with Crippen molar-refractivity contribution in [2.24, 2.45) is 5.92 Å². The molecule has 2 aliphatic heterocycles. The van der Waals surface area contributed by atoms with Gasteiger partial charge in [0.25, 0.3) is 5.91 Å². The number of carbonyl (C=O) groups is 2. The molecule has 0 saturated carbocycles. The number of carbonyl (C=O) groups excluding carboxylic acids is 2. The number of nitrogens with one attached hydrogen (secondary N) is 1. The number of benzene rings is 2. The Morgan fingerprint density at radius 1 is 1.03 bits per heavy atom. The summed E-state index contributed by atoms with van der Waals surface area (Å²) in [6.07, 6.45) is 1.74. The molecule has 1 N–H and O–H groups in total. The van der Waals surface area contributed by atoms with E-state index in [1.54, 1.807) is 29.2 Å². The zero-order chi connectivity index (χ0) is 21.6. The third-order valence-corrected chi connectivity index (χ3v) is 5.91. The molecule has 2 fully saturated rings. The molecule has 2 aromatic rings. The lowest BCUT2D eigenvalue weighted by Crippen LogP contribution is -2.42. The first kappa shape index (κ1) is 21.5. The van der Waals surface area contributed by atoms with Gasteiger partial charge in [-0.25, -0.2) is 4.39 Å². The van der Waals surface area contributed by atoms with Gasteiger partial charge in [0, 0.05) is 26.2 Å². The summed E-state index contributed by atoms with van der Waals surface area (Å²) in [5, 5.41) is 3.00. The fourth-order valence-electron chi connectivity index (χ4n) is 4.21. The highest BCUT2D eigenvalue weighted by atomic mass is 19.1. The average molecular weight is 426 g/mol. The minimum Gasteiger partial charge on any atom is -0.378 e. The Morgan fingerprint density at radius 2 is 1.77 bits per heavy atom. The molecule has 2 aromatic carbocycles. The first-order chi connectivity index (χ1) is 15.1. The molecule has 7 heteroatoms. The number of rotatable bonds is 5. The molecular formula is C24H28FN3O3. The van der Waals surface area contributed by atoms with E-state index in [1.165, 1.54) is 12.1 Å². The zero-order valence-corrected chi connectivity index (χ0v) is 17.6. The van der Waals surface area contributed by atoms with Crippen molar-refractivity contribution in [1.29, 1.82) is 0 Å². The van der Waals surface area contributed by atoms with Gasteiger partial charge in [0.2, 0.25) is 5.91 Å². The molecule has 0 unspecified atom stereocenters. The van der Waals surface area contributed by atoms with E-state index < -0.39 is 0 Å². The normalized spacial score (nSPS) is 19.8. The fraction of sp³-hybridized carbons (Fsp3) is 0.417. The Kier molecular flexibility index (Phi) is 6.94. The van der Waals surface area contributed by atoms with Crippen molar-refractivity contribution >= 4 is 17.5 Å². The maximum Gasteiger partial charge on any atom is 0.256 e. The Bertz CT molecular complexity index is 913. The van der Waals surface area contributed by atoms with E-state index in [0.717, 1.165) is 24.9 Å². The van der Waals surface area contributed by atoms with E-state index in [1.807, 2.05) is 12.1 Å². The summed E-state index contributed by atoms with van der Waals surface area (Å²) in [5.41, 5.74) is 2.10. The molecule has 6 nitrogen and oxygen atoms in total. The van der Waals surface area contributed by atoms with Gasteiger partial charge in [-0.05, 0) is 49.2 Å². The van der Waals surface area contributed by atoms with Crippen LogP contribution in [0.1, 0.15) is 28.8 Å². The van der Waals surface area contributed by atoms with Crippen molar-refractivity contribution in [3.8, 4) is 0 Å². The fourth-order valence-corrected chi connectivity index (χ4v) is 4.21. The molecule has 0 aromatic heterocycles. The van der Waals surface area contributed by atoms with Crippen LogP contribution >= 0.6 is 0 Å². The summed E-state index contributed by atoms with van der Waals surface area (Å²) in [5.74, 6) is -0.544. The number of para-hydroxylation sites is 1. The van der Waals surface area contributed by atoms with Gasteiger partial charge in [0.1, 0.15) is 5.82 Å². The average Bonchev–Trinajstić information content (AvgIpc) is 2.81. The molecule has 0 spiro atoms. The zero-order valence-electron chi connectivity index (χ0n) is 17.6. The second-order valence-corrected chi connectivity index (χ2v) is 8.14. The maximum absolute atomic E-state index is 13.1. The summed E-state index contributed by atoms with van der Waals surface area (Å²) in [6.45, 7) is 4.43. The Morgan fingerprint density at radius 3 is 2.55 bits per heavy atom. The number of nitrogens with zero attached hydrogens (tertiary/aromatic N) is 2. The summed E-state index contributed by atoms with van der Waals surface area (Å²) in [7, 11) is 0. The molecule has 31 heavy (non-hydrogen) atoms. The van der Waals surface area contributed by atoms with Crippen LogP contribution in [-0.4, -0.2) is 61.0 Å². The number of anilines is 1. The van der Waals surface area contributed by atoms with Crippen LogP contribution in [0.3, 0.4) is 0 Å². The number of hydrogen-bond donors (Lipinski definition) is 1. The number of likely N-dealkylation sites (tertiary alicyclic amines) is 1. The topological polar surface area (TPSA) is 61.9 Å². The van der Waals surface area contributed by atoms with Crippen LogP contribution in [0.5, 0.6) is 0 Å². The van der Waals surface area contributed by atoms with E-state index in [0.29, 0.717) is 50.6 Å². The van der Waals surface area contributed by atoms with E-state index in [4.69, 9.17) is 4.74 Å². The van der Waals surface area contributed by atoms with Crippen molar-refractivity contribution in [2.45, 2.75) is 19.4 Å². The number of morpholine rings is 1. The lowest BCUT2D eigenvalue weighted by molar-refractivity contribution is -0.121. The third-order valence-electron chi connectivity index (χ3n) is 5.91. The van der Waals surface area contributed by atoms with Crippen LogP contribution in [0.15, 0.2) is 48.5 Å². The van der Waals surface area contributed by atoms with Crippen LogP contribution in [-0.2, 0) is 16.1 Å². The van der Waals surface area contributed by atoms with Gasteiger partial charge in [0.05, 0.1) is 30.4 Å². The molecule has 1 atom stereocenters. The number of hydrogen-bond acceptors (Lipinski definition) is 4. The van der Waals surface area contributed by atoms with E-state index in [-0.39, 0.29) is 23.5 Å². The Hall–Kier alpha value is -2.77. The predicted octanol–water partition coefficient (Wildman–Crippen LogP) is 3.15. The molecule has 2 aliphatic rings. The maximum atomic E-state index is 13.1. The van der Waals surface area contributed by atoms with Gasteiger partial charge in [-0.1, -0.05) is 24.3 Å². The van der Waals surface area contributed by atoms with E-state index >= 15 is 0 Å². The van der Waals surface area contributed by atoms with E-state index in [9.17, 15) is 14.0 Å². The third kappa shape index (κ3) is 5.48. The van der Waals surface area contributed by atoms with Gasteiger partial charge >= 0.3 is 0 Å². The van der Waals surface area contributed by atoms with Gasteiger partial charge in [0.15, 0.2) is 0 Å². The first-order valence-electron chi connectivity index (χ1n) is 10.8. The lowest BCUT2D eigenvalue weighted by atomic mass is 9.96. The van der Waals surface area contributed by atoms with Crippen LogP contribution in [0.2, 0.25) is 0 Å². The number of amides is 2. The standard InChI is InChI=1S/C24H28FN3O3/c25-20-9-7-18(8-10-20)16-27-11-3-4-19(17-27)23(29)26-22-6-2-1-5-21(22)24(30)28-12-14-31-15-13-28/h1-2,5-10,19H,3-4,11-17H2,(H,26,29)/t19-/m0/s1. The first-order valence-corrected chi connectivity index (χ1v) is 10.8. The monoisotopic (exact) mass is 425 g/mol. The van der Waals surface area contributed by atoms with Gasteiger partial charge in [-0.3, -0.25) is 14.5 Å². The smallest absolute Gasteiger partial charge is 0.256 e. The van der Waals surface area contributed by atoms with Crippen LogP contribution < -0.4 is 5.32 Å². The van der Waals surface area contributed by atoms with Crippen molar-refractivity contribution in [2.75, 3.05) is 44.7 Å². The van der Waals surface area contributed by atoms with E-state index in [2.05, 4.69) is 10.2 Å². The SMILES string of the molecule is O=C(Nc1ccccc1C(=O)N1CCOCC1)[C@H]1CCCN(Cc2ccc(F)cc2)C1. The van der Waals surface area contributed by atoms with Gasteiger partial charge in [-0.2, -0.15) is 0 Å². The second kappa shape index (κ2) is 10.0. The predicted molar refractivity (Wildman–Crippen MR) is 116 cm³/mol. The van der Waals surface area contributed by atoms with Gasteiger partial charge < -0.3 is 15.0 Å². The van der Waals surface area contributed by atoms with Crippen LogP contribution in [0.4, 0.5) is 10.1 Å². The highest BCUT2D eigenvalue weighted by Gasteiger charge is 2.27. The van der Waals surface area contributed by atoms with Crippen molar-refractivity contribution in [3.63, 3.8) is 0 Å². The highest BCUT2D eigenvalue weighted by Crippen LogP contribution is 2.23. The summed E-state index contributed by atoms with van der Waals surface area (Å²) < 4.78 is 18.5. The molecule has 0 aliphatic carbocycles. The molecule has 2 saturated heterocycles. The Balaban J connectivity index is 1.39. The Labute approximate surface area is 182 Å². The molecule has 2 heterocycles. The molecular weight excluding hydrogens is 397 g/mol. The summed E-state index contributed by atoms with van der Waals surface area (Å²) >= 11 is 0. The highest BCUT2D eigenvalue weighted by molar-refractivity contribution is 6.04. The minimum absolute atomic E-state index is 0.0639. The van der Waals surface area contributed by atoms with Crippen molar-refractivity contribution in [3.05, 3.63) is 65.5 Å². The summed E-state index contributed by atoms with van der Waals surface area (Å²) in [4.78, 5) is 30.0. The molecule has 0 bridgehead atoms. The summed E-state index contributed by atoms with van der Waals surface area (Å²) in [6, 6.07) is 13.7. The molecule has 4 rings (SSSR count). The molecule has 0 radical (unpaired) electrons. The number of ether oxygens (including phenoxy) is 1.